The van der Waals surface area contributed by atoms with Crippen LogP contribution < -0.4 is 9.64 Å². The van der Waals surface area contributed by atoms with Gasteiger partial charge in [0.05, 0.1) is 5.69 Å². The van der Waals surface area contributed by atoms with Gasteiger partial charge in [0.1, 0.15) is 12.3 Å². The normalized spacial score (nSPS) is 13.5. The highest BCUT2D eigenvalue weighted by Gasteiger charge is 2.27. The molecule has 1 amide bonds. The highest BCUT2D eigenvalue weighted by molar-refractivity contribution is 5.97. The van der Waals surface area contributed by atoms with Crippen LogP contribution in [0.3, 0.4) is 0 Å². The van der Waals surface area contributed by atoms with Gasteiger partial charge in [-0.05, 0) is 37.1 Å². The Balaban J connectivity index is 1.64. The third-order valence-electron chi connectivity index (χ3n) is 4.20. The fourth-order valence-corrected chi connectivity index (χ4v) is 2.87. The van der Waals surface area contributed by atoms with Crippen molar-refractivity contribution in [1.82, 2.24) is 10.1 Å². The molecule has 4 rings (SSSR count). The molecule has 1 aliphatic rings. The fourth-order valence-electron chi connectivity index (χ4n) is 2.87. The minimum atomic E-state index is -0.131. The van der Waals surface area contributed by atoms with Crippen molar-refractivity contribution < 1.29 is 14.1 Å². The minimum Gasteiger partial charge on any atom is -0.482 e. The first-order valence-corrected chi connectivity index (χ1v) is 8.04. The Bertz CT molecular complexity index is 949. The Morgan fingerprint density at radius 3 is 2.84 bits per heavy atom. The molecule has 0 saturated heterocycles. The number of anilines is 1. The molecular weight excluding hydrogens is 318 g/mol. The lowest BCUT2D eigenvalue weighted by Crippen LogP contribution is -2.38. The standard InChI is InChI=1S/C19H17N3O3/c1-12-7-8-16-15(9-12)22(18(23)11-24-16)10-17-20-19(21-25-17)14-6-4-3-5-13(14)2/h3-9H,10-11H2,1-2H3. The second-order valence-corrected chi connectivity index (χ2v) is 6.07. The van der Waals surface area contributed by atoms with Crippen LogP contribution in [-0.4, -0.2) is 22.7 Å². The van der Waals surface area contributed by atoms with Crippen molar-refractivity contribution in [2.24, 2.45) is 0 Å². The Hall–Kier alpha value is -3.15. The van der Waals surface area contributed by atoms with Crippen molar-refractivity contribution in [3.05, 3.63) is 59.5 Å². The van der Waals surface area contributed by atoms with Crippen LogP contribution in [0.25, 0.3) is 11.4 Å². The van der Waals surface area contributed by atoms with E-state index in [1.807, 2.05) is 56.3 Å². The van der Waals surface area contributed by atoms with E-state index in [4.69, 9.17) is 9.26 Å². The zero-order valence-electron chi connectivity index (χ0n) is 14.0. The molecule has 25 heavy (non-hydrogen) atoms. The average Bonchev–Trinajstić information content (AvgIpc) is 3.06. The quantitative estimate of drug-likeness (QED) is 0.735. The topological polar surface area (TPSA) is 68.5 Å². The molecule has 0 fully saturated rings. The van der Waals surface area contributed by atoms with Gasteiger partial charge in [0.2, 0.25) is 11.7 Å². The molecule has 1 aliphatic heterocycles. The molecule has 6 heteroatoms. The Morgan fingerprint density at radius 1 is 1.16 bits per heavy atom. The van der Waals surface area contributed by atoms with E-state index in [0.29, 0.717) is 17.5 Å². The molecule has 2 aromatic carbocycles. The maximum atomic E-state index is 12.3. The average molecular weight is 335 g/mol. The minimum absolute atomic E-state index is 0.00878. The van der Waals surface area contributed by atoms with E-state index in [-0.39, 0.29) is 19.1 Å². The van der Waals surface area contributed by atoms with Crippen LogP contribution in [0.4, 0.5) is 5.69 Å². The molecule has 126 valence electrons. The molecule has 0 saturated carbocycles. The number of benzene rings is 2. The summed E-state index contributed by atoms with van der Waals surface area (Å²) in [6, 6.07) is 13.6. The number of rotatable bonds is 3. The molecule has 2 heterocycles. The summed E-state index contributed by atoms with van der Waals surface area (Å²) in [7, 11) is 0. The van der Waals surface area contributed by atoms with Crippen molar-refractivity contribution in [1.29, 1.82) is 0 Å². The predicted molar refractivity (Wildman–Crippen MR) is 92.3 cm³/mol. The van der Waals surface area contributed by atoms with E-state index in [1.54, 1.807) is 4.90 Å². The van der Waals surface area contributed by atoms with Gasteiger partial charge in [0.25, 0.3) is 5.91 Å². The molecule has 6 nitrogen and oxygen atoms in total. The van der Waals surface area contributed by atoms with Crippen LogP contribution >= 0.6 is 0 Å². The van der Waals surface area contributed by atoms with Crippen LogP contribution in [0.1, 0.15) is 17.0 Å². The first-order valence-electron chi connectivity index (χ1n) is 8.04. The van der Waals surface area contributed by atoms with Gasteiger partial charge in [-0.25, -0.2) is 0 Å². The summed E-state index contributed by atoms with van der Waals surface area (Å²) in [5, 5.41) is 4.06. The van der Waals surface area contributed by atoms with E-state index in [9.17, 15) is 4.79 Å². The van der Waals surface area contributed by atoms with Gasteiger partial charge >= 0.3 is 0 Å². The van der Waals surface area contributed by atoms with Crippen LogP contribution in [0.5, 0.6) is 5.75 Å². The van der Waals surface area contributed by atoms with Crippen LogP contribution in [0, 0.1) is 13.8 Å². The Kier molecular flexibility index (Phi) is 3.72. The van der Waals surface area contributed by atoms with Gasteiger partial charge in [0.15, 0.2) is 6.61 Å². The third-order valence-corrected chi connectivity index (χ3v) is 4.20. The lowest BCUT2D eigenvalue weighted by molar-refractivity contribution is -0.121. The first kappa shape index (κ1) is 15.4. The summed E-state index contributed by atoms with van der Waals surface area (Å²) >= 11 is 0. The molecule has 0 unspecified atom stereocenters. The maximum Gasteiger partial charge on any atom is 0.265 e. The second-order valence-electron chi connectivity index (χ2n) is 6.07. The molecule has 0 bridgehead atoms. The number of fused-ring (bicyclic) bond motifs is 1. The fraction of sp³-hybridized carbons (Fsp3) is 0.211. The van der Waals surface area contributed by atoms with E-state index in [2.05, 4.69) is 10.1 Å². The number of ether oxygens (including phenoxy) is 1. The van der Waals surface area contributed by atoms with Gasteiger partial charge in [-0.3, -0.25) is 9.69 Å². The van der Waals surface area contributed by atoms with Crippen molar-refractivity contribution >= 4 is 11.6 Å². The van der Waals surface area contributed by atoms with Gasteiger partial charge in [-0.2, -0.15) is 4.98 Å². The summed E-state index contributed by atoms with van der Waals surface area (Å²) in [6.45, 7) is 4.20. The van der Waals surface area contributed by atoms with Crippen LogP contribution in [-0.2, 0) is 11.3 Å². The lowest BCUT2D eigenvalue weighted by atomic mass is 10.1. The maximum absolute atomic E-state index is 12.3. The van der Waals surface area contributed by atoms with E-state index in [0.717, 1.165) is 22.4 Å². The third kappa shape index (κ3) is 2.87. The zero-order valence-corrected chi connectivity index (χ0v) is 14.0. The molecule has 0 atom stereocenters. The van der Waals surface area contributed by atoms with E-state index in [1.165, 1.54) is 0 Å². The first-order chi connectivity index (χ1) is 12.1. The van der Waals surface area contributed by atoms with Crippen LogP contribution in [0.2, 0.25) is 0 Å². The molecule has 3 aromatic rings. The highest BCUT2D eigenvalue weighted by atomic mass is 16.5. The van der Waals surface area contributed by atoms with Gasteiger partial charge in [-0.15, -0.1) is 0 Å². The largest absolute Gasteiger partial charge is 0.482 e. The number of carbonyl (C=O) groups is 1. The number of aryl methyl sites for hydroxylation is 2. The predicted octanol–water partition coefficient (Wildman–Crippen LogP) is 3.28. The zero-order chi connectivity index (χ0) is 17.4. The van der Waals surface area contributed by atoms with Gasteiger partial charge < -0.3 is 9.26 Å². The number of nitrogens with zero attached hydrogens (tertiary/aromatic N) is 3. The summed E-state index contributed by atoms with van der Waals surface area (Å²) in [5.41, 5.74) is 3.76. The number of hydrogen-bond donors (Lipinski definition) is 0. The molecular formula is C19H17N3O3. The van der Waals surface area contributed by atoms with Gasteiger partial charge in [0, 0.05) is 5.56 Å². The number of hydrogen-bond acceptors (Lipinski definition) is 5. The van der Waals surface area contributed by atoms with Gasteiger partial charge in [-0.1, -0.05) is 35.5 Å². The molecule has 0 aliphatic carbocycles. The molecule has 1 aromatic heterocycles. The summed E-state index contributed by atoms with van der Waals surface area (Å²) in [5.74, 6) is 1.47. The smallest absolute Gasteiger partial charge is 0.265 e. The molecule has 0 spiro atoms. The van der Waals surface area contributed by atoms with Crippen LogP contribution in [0.15, 0.2) is 47.0 Å². The van der Waals surface area contributed by atoms with Crippen molar-refractivity contribution in [2.75, 3.05) is 11.5 Å². The van der Waals surface area contributed by atoms with E-state index >= 15 is 0 Å². The van der Waals surface area contributed by atoms with E-state index < -0.39 is 0 Å². The second kappa shape index (κ2) is 6.05. The lowest BCUT2D eigenvalue weighted by Gasteiger charge is -2.28. The van der Waals surface area contributed by atoms with Crippen molar-refractivity contribution in [3.8, 4) is 17.1 Å². The SMILES string of the molecule is Cc1ccc2c(c1)N(Cc1nc(-c3ccccc3C)no1)C(=O)CO2. The number of amides is 1. The highest BCUT2D eigenvalue weighted by Crippen LogP contribution is 2.34. The summed E-state index contributed by atoms with van der Waals surface area (Å²) in [6.07, 6.45) is 0. The number of aromatic nitrogens is 2. The summed E-state index contributed by atoms with van der Waals surface area (Å²) < 4.78 is 10.9. The Labute approximate surface area is 145 Å². The van der Waals surface area contributed by atoms with Crippen molar-refractivity contribution in [3.63, 3.8) is 0 Å². The van der Waals surface area contributed by atoms with Crippen molar-refractivity contribution in [2.45, 2.75) is 20.4 Å². The monoisotopic (exact) mass is 335 g/mol. The summed E-state index contributed by atoms with van der Waals surface area (Å²) in [4.78, 5) is 18.4. The molecule has 0 N–H and O–H groups in total. The number of carbonyl (C=O) groups excluding carboxylic acids is 1. The Morgan fingerprint density at radius 2 is 2.00 bits per heavy atom. The molecule has 0 radical (unpaired) electrons.